The summed E-state index contributed by atoms with van der Waals surface area (Å²) in [5.74, 6) is -0.921. The van der Waals surface area contributed by atoms with Gasteiger partial charge in [0.1, 0.15) is 0 Å². The Labute approximate surface area is 134 Å². The number of rotatable bonds is 3. The Kier molecular flexibility index (Phi) is 3.63. The fraction of sp³-hybridized carbons (Fsp3) is 0.158. The molecule has 1 unspecified atom stereocenters. The van der Waals surface area contributed by atoms with Gasteiger partial charge in [-0.1, -0.05) is 30.3 Å². The maximum Gasteiger partial charge on any atom is 0.338 e. The van der Waals surface area contributed by atoms with Gasteiger partial charge in [-0.15, -0.1) is 0 Å². The van der Waals surface area contributed by atoms with Crippen LogP contribution in [-0.2, 0) is 0 Å². The first kappa shape index (κ1) is 14.9. The third-order valence-electron chi connectivity index (χ3n) is 4.26. The van der Waals surface area contributed by atoms with Crippen molar-refractivity contribution < 1.29 is 9.90 Å². The molecule has 1 atom stereocenters. The summed E-state index contributed by atoms with van der Waals surface area (Å²) in [6, 6.07) is 17.0. The fourth-order valence-electron chi connectivity index (χ4n) is 3.18. The minimum absolute atomic E-state index is 0.0682. The van der Waals surface area contributed by atoms with Crippen LogP contribution in [0.1, 0.15) is 40.1 Å². The molecule has 0 amide bonds. The van der Waals surface area contributed by atoms with E-state index in [0.717, 1.165) is 16.5 Å². The molecule has 0 saturated carbocycles. The largest absolute Gasteiger partial charge is 0.478 e. The van der Waals surface area contributed by atoms with E-state index in [9.17, 15) is 9.90 Å². The Morgan fingerprint density at radius 3 is 2.65 bits per heavy atom. The first-order valence-corrected chi connectivity index (χ1v) is 7.37. The van der Waals surface area contributed by atoms with E-state index in [1.807, 2.05) is 60.9 Å². The van der Waals surface area contributed by atoms with Crippen LogP contribution in [0.15, 0.2) is 48.5 Å². The lowest BCUT2D eigenvalue weighted by molar-refractivity contribution is 0.0698. The minimum Gasteiger partial charge on any atom is -0.478 e. The van der Waals surface area contributed by atoms with Crippen molar-refractivity contribution in [3.05, 3.63) is 70.9 Å². The van der Waals surface area contributed by atoms with Gasteiger partial charge in [0.15, 0.2) is 0 Å². The van der Waals surface area contributed by atoms with Crippen LogP contribution in [0.2, 0.25) is 0 Å². The summed E-state index contributed by atoms with van der Waals surface area (Å²) in [6.45, 7) is 3.84. The van der Waals surface area contributed by atoms with Crippen molar-refractivity contribution in [3.63, 3.8) is 0 Å². The van der Waals surface area contributed by atoms with Gasteiger partial charge in [0.2, 0.25) is 0 Å². The zero-order valence-electron chi connectivity index (χ0n) is 12.9. The highest BCUT2D eigenvalue weighted by molar-refractivity contribution is 6.05. The molecule has 0 bridgehead atoms. The molecule has 1 heterocycles. The van der Waals surface area contributed by atoms with Crippen molar-refractivity contribution in [2.45, 2.75) is 19.9 Å². The van der Waals surface area contributed by atoms with Gasteiger partial charge in [-0.25, -0.2) is 4.79 Å². The number of carbonyl (C=O) groups is 1. The van der Waals surface area contributed by atoms with Crippen LogP contribution in [0, 0.1) is 18.3 Å². The van der Waals surface area contributed by atoms with Crippen molar-refractivity contribution >= 4 is 16.9 Å². The summed E-state index contributed by atoms with van der Waals surface area (Å²) in [7, 11) is 0. The maximum atomic E-state index is 11.7. The second kappa shape index (κ2) is 5.62. The van der Waals surface area contributed by atoms with Crippen LogP contribution in [0.4, 0.5) is 0 Å². The van der Waals surface area contributed by atoms with Crippen molar-refractivity contribution in [1.82, 2.24) is 4.57 Å². The number of nitriles is 1. The molecule has 0 aliphatic carbocycles. The molecule has 23 heavy (non-hydrogen) atoms. The third kappa shape index (κ3) is 2.36. The first-order chi connectivity index (χ1) is 11.0. The molecule has 114 valence electrons. The van der Waals surface area contributed by atoms with Gasteiger partial charge in [-0.2, -0.15) is 5.26 Å². The van der Waals surface area contributed by atoms with Crippen molar-refractivity contribution in [3.8, 4) is 6.07 Å². The average molecular weight is 304 g/mol. The number of carboxylic acids is 1. The molecule has 0 spiro atoms. The number of fused-ring (bicyclic) bond motifs is 1. The highest BCUT2D eigenvalue weighted by Gasteiger charge is 2.22. The monoisotopic (exact) mass is 304 g/mol. The Bertz CT molecular complexity index is 948. The van der Waals surface area contributed by atoms with Crippen molar-refractivity contribution in [2.24, 2.45) is 0 Å². The Morgan fingerprint density at radius 1 is 1.22 bits per heavy atom. The standard InChI is InChI=1S/C19H16N2O2/c1-12(15-7-5-6-14(10-15)11-20)21-13(2)18(19(22)23)16-8-3-4-9-17(16)21/h3-10,12H,1-2H3,(H,22,23). The Balaban J connectivity index is 2.25. The topological polar surface area (TPSA) is 66.0 Å². The fourth-order valence-corrected chi connectivity index (χ4v) is 3.18. The molecule has 4 nitrogen and oxygen atoms in total. The van der Waals surface area contributed by atoms with Crippen LogP contribution in [0.3, 0.4) is 0 Å². The smallest absolute Gasteiger partial charge is 0.338 e. The number of aromatic carboxylic acids is 1. The highest BCUT2D eigenvalue weighted by atomic mass is 16.4. The zero-order valence-corrected chi connectivity index (χ0v) is 12.9. The van der Waals surface area contributed by atoms with E-state index in [-0.39, 0.29) is 6.04 Å². The predicted octanol–water partition coefficient (Wildman–Crippen LogP) is 4.13. The van der Waals surface area contributed by atoms with Crippen LogP contribution in [0.5, 0.6) is 0 Å². The maximum absolute atomic E-state index is 11.7. The van der Waals surface area contributed by atoms with E-state index < -0.39 is 5.97 Å². The number of aromatic nitrogens is 1. The predicted molar refractivity (Wildman–Crippen MR) is 88.6 cm³/mol. The average Bonchev–Trinajstić information content (AvgIpc) is 2.86. The van der Waals surface area contributed by atoms with E-state index in [4.69, 9.17) is 5.26 Å². The lowest BCUT2D eigenvalue weighted by atomic mass is 10.1. The number of carboxylic acid groups (broad SMARTS) is 1. The summed E-state index contributed by atoms with van der Waals surface area (Å²) in [5.41, 5.74) is 3.52. The summed E-state index contributed by atoms with van der Waals surface area (Å²) in [4.78, 5) is 11.7. The normalized spacial score (nSPS) is 12.0. The SMILES string of the molecule is Cc1c(C(=O)O)c2ccccc2n1C(C)c1cccc(C#N)c1. The van der Waals surface area contributed by atoms with Gasteiger partial charge in [0.05, 0.1) is 23.2 Å². The van der Waals surface area contributed by atoms with Gasteiger partial charge in [0, 0.05) is 16.6 Å². The van der Waals surface area contributed by atoms with Gasteiger partial charge in [0.25, 0.3) is 0 Å². The molecule has 0 fully saturated rings. The lowest BCUT2D eigenvalue weighted by Gasteiger charge is -2.18. The van der Waals surface area contributed by atoms with E-state index in [1.54, 1.807) is 6.07 Å². The Hall–Kier alpha value is -3.06. The quantitative estimate of drug-likeness (QED) is 0.791. The number of nitrogens with zero attached hydrogens (tertiary/aromatic N) is 2. The zero-order chi connectivity index (χ0) is 16.6. The molecule has 0 aliphatic rings. The van der Waals surface area contributed by atoms with Gasteiger partial charge in [-0.05, 0) is 37.6 Å². The van der Waals surface area contributed by atoms with Crippen molar-refractivity contribution in [1.29, 1.82) is 5.26 Å². The van der Waals surface area contributed by atoms with Crippen LogP contribution >= 0.6 is 0 Å². The molecule has 0 radical (unpaired) electrons. The van der Waals surface area contributed by atoms with Gasteiger partial charge >= 0.3 is 5.97 Å². The summed E-state index contributed by atoms with van der Waals surface area (Å²) >= 11 is 0. The molecule has 0 saturated heterocycles. The van der Waals surface area contributed by atoms with Crippen LogP contribution in [0.25, 0.3) is 10.9 Å². The molecule has 3 rings (SSSR count). The summed E-state index contributed by atoms with van der Waals surface area (Å²) in [5, 5.41) is 19.4. The number of hydrogen-bond acceptors (Lipinski definition) is 2. The van der Waals surface area contributed by atoms with E-state index in [1.165, 1.54) is 0 Å². The third-order valence-corrected chi connectivity index (χ3v) is 4.26. The molecular formula is C19H16N2O2. The number of benzene rings is 2. The first-order valence-electron chi connectivity index (χ1n) is 7.37. The summed E-state index contributed by atoms with van der Waals surface area (Å²) in [6.07, 6.45) is 0. The second-order valence-corrected chi connectivity index (χ2v) is 5.57. The number of hydrogen-bond donors (Lipinski definition) is 1. The van der Waals surface area contributed by atoms with E-state index in [0.29, 0.717) is 16.8 Å². The molecular weight excluding hydrogens is 288 g/mol. The molecule has 3 aromatic rings. The molecule has 2 aromatic carbocycles. The van der Waals surface area contributed by atoms with Gasteiger partial charge < -0.3 is 9.67 Å². The Morgan fingerprint density at radius 2 is 1.96 bits per heavy atom. The van der Waals surface area contributed by atoms with E-state index in [2.05, 4.69) is 6.07 Å². The molecule has 1 N–H and O–H groups in total. The lowest BCUT2D eigenvalue weighted by Crippen LogP contribution is -2.10. The molecule has 0 aliphatic heterocycles. The van der Waals surface area contributed by atoms with Crippen molar-refractivity contribution in [2.75, 3.05) is 0 Å². The van der Waals surface area contributed by atoms with Crippen LogP contribution in [-0.4, -0.2) is 15.6 Å². The van der Waals surface area contributed by atoms with E-state index >= 15 is 0 Å². The van der Waals surface area contributed by atoms with Crippen LogP contribution < -0.4 is 0 Å². The minimum atomic E-state index is -0.921. The molecule has 4 heteroatoms. The summed E-state index contributed by atoms with van der Waals surface area (Å²) < 4.78 is 2.02. The number of para-hydroxylation sites is 1. The molecule has 1 aromatic heterocycles. The highest BCUT2D eigenvalue weighted by Crippen LogP contribution is 2.31. The van der Waals surface area contributed by atoms with Gasteiger partial charge in [-0.3, -0.25) is 0 Å². The second-order valence-electron chi connectivity index (χ2n) is 5.57.